The zero-order chi connectivity index (χ0) is 16.7. The van der Waals surface area contributed by atoms with Gasteiger partial charge in [0.15, 0.2) is 5.11 Å². The molecule has 1 aromatic rings. The van der Waals surface area contributed by atoms with Crippen molar-refractivity contribution in [1.82, 2.24) is 16.2 Å². The molecule has 1 aliphatic carbocycles. The predicted octanol–water partition coefficient (Wildman–Crippen LogP) is 3.10. The molecule has 0 heterocycles. The van der Waals surface area contributed by atoms with Crippen molar-refractivity contribution in [2.45, 2.75) is 44.0 Å². The van der Waals surface area contributed by atoms with Gasteiger partial charge in [0, 0.05) is 10.9 Å². The first-order valence-corrected chi connectivity index (χ1v) is 9.49. The van der Waals surface area contributed by atoms with Crippen molar-refractivity contribution >= 4 is 35.0 Å². The molecule has 4 nitrogen and oxygen atoms in total. The maximum Gasteiger partial charge on any atom is 0.248 e. The molecule has 3 atom stereocenters. The van der Waals surface area contributed by atoms with Crippen molar-refractivity contribution in [2.24, 2.45) is 11.8 Å². The van der Waals surface area contributed by atoms with Crippen LogP contribution in [0, 0.1) is 11.8 Å². The summed E-state index contributed by atoms with van der Waals surface area (Å²) in [5.41, 5.74) is 5.46. The fourth-order valence-electron chi connectivity index (χ4n) is 2.82. The van der Waals surface area contributed by atoms with Gasteiger partial charge in [0.25, 0.3) is 0 Å². The van der Waals surface area contributed by atoms with Gasteiger partial charge in [-0.15, -0.1) is 11.8 Å². The molecule has 0 aliphatic heterocycles. The predicted molar refractivity (Wildman–Crippen MR) is 100 cm³/mol. The number of benzene rings is 1. The Hall–Kier alpha value is -1.27. The van der Waals surface area contributed by atoms with Crippen LogP contribution in [0.4, 0.5) is 0 Å². The Kier molecular flexibility index (Phi) is 7.17. The maximum absolute atomic E-state index is 11.8. The SMILES string of the molecule is C[C@@H]1[C@H](C)CCC[C@@H]1NC(=S)NNC(=O)CSc1ccccc1. The molecule has 0 radical (unpaired) electrons. The first-order chi connectivity index (χ1) is 11.1. The normalized spacial score (nSPS) is 23.8. The van der Waals surface area contributed by atoms with Crippen molar-refractivity contribution in [3.05, 3.63) is 30.3 Å². The van der Waals surface area contributed by atoms with E-state index in [1.165, 1.54) is 24.6 Å². The first kappa shape index (κ1) is 18.1. The molecule has 6 heteroatoms. The topological polar surface area (TPSA) is 53.2 Å². The number of amides is 1. The van der Waals surface area contributed by atoms with Crippen LogP contribution in [0.1, 0.15) is 33.1 Å². The fraction of sp³-hybridized carbons (Fsp3) is 0.529. The largest absolute Gasteiger partial charge is 0.358 e. The van der Waals surface area contributed by atoms with Crippen LogP contribution in [-0.2, 0) is 4.79 Å². The molecule has 2 rings (SSSR count). The smallest absolute Gasteiger partial charge is 0.248 e. The molecular formula is C17H25N3OS2. The number of carbonyl (C=O) groups is 1. The quantitative estimate of drug-likeness (QED) is 0.442. The summed E-state index contributed by atoms with van der Waals surface area (Å²) in [6.45, 7) is 4.55. The molecule has 1 amide bonds. The van der Waals surface area contributed by atoms with E-state index in [4.69, 9.17) is 12.2 Å². The average molecular weight is 352 g/mol. The molecule has 126 valence electrons. The van der Waals surface area contributed by atoms with Gasteiger partial charge in [-0.3, -0.25) is 15.6 Å². The molecule has 0 spiro atoms. The monoisotopic (exact) mass is 351 g/mol. The van der Waals surface area contributed by atoms with E-state index < -0.39 is 0 Å². The molecule has 1 aliphatic rings. The zero-order valence-electron chi connectivity index (χ0n) is 13.7. The number of rotatable bonds is 4. The van der Waals surface area contributed by atoms with Crippen LogP contribution in [0.5, 0.6) is 0 Å². The number of carbonyl (C=O) groups excluding carboxylic acids is 1. The summed E-state index contributed by atoms with van der Waals surface area (Å²) in [7, 11) is 0. The van der Waals surface area contributed by atoms with E-state index in [1.807, 2.05) is 30.3 Å². The minimum atomic E-state index is -0.0898. The highest BCUT2D eigenvalue weighted by Gasteiger charge is 2.27. The minimum Gasteiger partial charge on any atom is -0.358 e. The van der Waals surface area contributed by atoms with Crippen LogP contribution in [0.3, 0.4) is 0 Å². The van der Waals surface area contributed by atoms with Gasteiger partial charge in [-0.1, -0.05) is 44.9 Å². The molecule has 0 aromatic heterocycles. The molecule has 1 saturated carbocycles. The molecule has 0 bridgehead atoms. The summed E-state index contributed by atoms with van der Waals surface area (Å²) in [5.74, 6) is 1.57. The molecule has 0 saturated heterocycles. The number of thiocarbonyl (C=S) groups is 1. The van der Waals surface area contributed by atoms with Crippen LogP contribution in [0.15, 0.2) is 35.2 Å². The van der Waals surface area contributed by atoms with Gasteiger partial charge in [0.2, 0.25) is 5.91 Å². The minimum absolute atomic E-state index is 0.0898. The Morgan fingerprint density at radius 2 is 1.96 bits per heavy atom. The Morgan fingerprint density at radius 1 is 1.22 bits per heavy atom. The third kappa shape index (κ3) is 6.03. The van der Waals surface area contributed by atoms with Crippen LogP contribution in [0.2, 0.25) is 0 Å². The number of hydrogen-bond donors (Lipinski definition) is 3. The van der Waals surface area contributed by atoms with E-state index >= 15 is 0 Å². The van der Waals surface area contributed by atoms with Gasteiger partial charge in [-0.2, -0.15) is 0 Å². The standard InChI is InChI=1S/C17H25N3OS2/c1-12-7-6-10-15(13(12)2)18-17(22)20-19-16(21)11-23-14-8-4-3-5-9-14/h3-5,8-9,12-13,15H,6-7,10-11H2,1-2H3,(H,19,21)(H2,18,20,22)/t12-,13-,15+/m1/s1. The van der Waals surface area contributed by atoms with Crippen LogP contribution in [0.25, 0.3) is 0 Å². The van der Waals surface area contributed by atoms with E-state index in [-0.39, 0.29) is 5.91 Å². The van der Waals surface area contributed by atoms with Gasteiger partial charge in [-0.25, -0.2) is 0 Å². The van der Waals surface area contributed by atoms with Gasteiger partial charge < -0.3 is 5.32 Å². The summed E-state index contributed by atoms with van der Waals surface area (Å²) >= 11 is 6.78. The lowest BCUT2D eigenvalue weighted by atomic mass is 9.78. The summed E-state index contributed by atoms with van der Waals surface area (Å²) in [5, 5.41) is 3.82. The molecule has 1 fully saturated rings. The highest BCUT2D eigenvalue weighted by molar-refractivity contribution is 8.00. The number of hydrogen-bond acceptors (Lipinski definition) is 3. The lowest BCUT2D eigenvalue weighted by molar-refractivity contribution is -0.119. The zero-order valence-corrected chi connectivity index (χ0v) is 15.3. The van der Waals surface area contributed by atoms with Gasteiger partial charge >= 0.3 is 0 Å². The summed E-state index contributed by atoms with van der Waals surface area (Å²) in [4.78, 5) is 12.9. The summed E-state index contributed by atoms with van der Waals surface area (Å²) in [6, 6.07) is 10.2. The Morgan fingerprint density at radius 3 is 2.70 bits per heavy atom. The Bertz CT molecular complexity index is 524. The van der Waals surface area contributed by atoms with Crippen molar-refractivity contribution in [3.63, 3.8) is 0 Å². The van der Waals surface area contributed by atoms with Crippen LogP contribution < -0.4 is 16.2 Å². The van der Waals surface area contributed by atoms with E-state index in [1.54, 1.807) is 0 Å². The van der Waals surface area contributed by atoms with E-state index in [0.29, 0.717) is 28.7 Å². The lowest BCUT2D eigenvalue weighted by Crippen LogP contribution is -2.52. The Balaban J connectivity index is 1.66. The lowest BCUT2D eigenvalue weighted by Gasteiger charge is -2.35. The van der Waals surface area contributed by atoms with Crippen LogP contribution >= 0.6 is 24.0 Å². The molecule has 1 aromatic carbocycles. The second-order valence-corrected chi connectivity index (χ2v) is 7.58. The van der Waals surface area contributed by atoms with Crippen molar-refractivity contribution in [3.8, 4) is 0 Å². The fourth-order valence-corrected chi connectivity index (χ4v) is 3.74. The van der Waals surface area contributed by atoms with Crippen molar-refractivity contribution in [1.29, 1.82) is 0 Å². The van der Waals surface area contributed by atoms with Crippen molar-refractivity contribution in [2.75, 3.05) is 5.75 Å². The highest BCUT2D eigenvalue weighted by Crippen LogP contribution is 2.29. The van der Waals surface area contributed by atoms with E-state index in [0.717, 1.165) is 11.3 Å². The summed E-state index contributed by atoms with van der Waals surface area (Å²) in [6.07, 6.45) is 3.64. The first-order valence-electron chi connectivity index (χ1n) is 8.09. The second-order valence-electron chi connectivity index (χ2n) is 6.12. The molecule has 3 N–H and O–H groups in total. The third-order valence-electron chi connectivity index (χ3n) is 4.45. The molecular weight excluding hydrogens is 326 g/mol. The van der Waals surface area contributed by atoms with Gasteiger partial charge in [0.05, 0.1) is 5.75 Å². The van der Waals surface area contributed by atoms with Crippen LogP contribution in [-0.4, -0.2) is 22.8 Å². The molecule has 23 heavy (non-hydrogen) atoms. The third-order valence-corrected chi connectivity index (χ3v) is 5.68. The van der Waals surface area contributed by atoms with E-state index in [9.17, 15) is 4.79 Å². The number of hydrazine groups is 1. The summed E-state index contributed by atoms with van der Waals surface area (Å²) < 4.78 is 0. The average Bonchev–Trinajstić information content (AvgIpc) is 2.56. The molecule has 0 unspecified atom stereocenters. The Labute approximate surface area is 148 Å². The highest BCUT2D eigenvalue weighted by atomic mass is 32.2. The number of nitrogens with one attached hydrogen (secondary N) is 3. The van der Waals surface area contributed by atoms with Crippen molar-refractivity contribution < 1.29 is 4.79 Å². The number of thioether (sulfide) groups is 1. The maximum atomic E-state index is 11.8. The van der Waals surface area contributed by atoms with E-state index in [2.05, 4.69) is 30.0 Å². The van der Waals surface area contributed by atoms with Gasteiger partial charge in [0.1, 0.15) is 0 Å². The second kappa shape index (κ2) is 9.13. The van der Waals surface area contributed by atoms with Gasteiger partial charge in [-0.05, 0) is 42.6 Å².